The molecule has 0 aliphatic carbocycles. The van der Waals surface area contributed by atoms with Gasteiger partial charge in [-0.05, 0) is 32.0 Å². The number of methoxy groups -OCH3 is 1. The van der Waals surface area contributed by atoms with Gasteiger partial charge in [0.2, 0.25) is 23.5 Å². The highest BCUT2D eigenvalue weighted by Crippen LogP contribution is 2.33. The largest absolute Gasteiger partial charge is 0.495 e. The van der Waals surface area contributed by atoms with Gasteiger partial charge in [-0.25, -0.2) is 0 Å². The molecule has 1 aliphatic rings. The second kappa shape index (κ2) is 9.21. The first kappa shape index (κ1) is 21.5. The fourth-order valence-electron chi connectivity index (χ4n) is 3.95. The molecule has 8 heteroatoms. The Balaban J connectivity index is 1.46. The van der Waals surface area contributed by atoms with Crippen LogP contribution >= 0.6 is 0 Å². The Kier molecular flexibility index (Phi) is 6.20. The van der Waals surface area contributed by atoms with Crippen LogP contribution in [0.4, 0.5) is 5.69 Å². The highest BCUT2D eigenvalue weighted by Gasteiger charge is 2.38. The molecule has 1 atom stereocenters. The SMILES string of the molecule is CCN(Cc1nc(-c2cccc(C)c2)no1)C(=O)C1CC(=O)N(c2ccccc2OC)C1. The van der Waals surface area contributed by atoms with Gasteiger partial charge in [0.1, 0.15) is 5.75 Å². The monoisotopic (exact) mass is 434 g/mol. The van der Waals surface area contributed by atoms with Crippen LogP contribution in [-0.2, 0) is 16.1 Å². The topological polar surface area (TPSA) is 88.8 Å². The van der Waals surface area contributed by atoms with E-state index in [2.05, 4.69) is 10.1 Å². The first-order chi connectivity index (χ1) is 15.5. The van der Waals surface area contributed by atoms with E-state index in [1.54, 1.807) is 23.0 Å². The number of anilines is 1. The first-order valence-electron chi connectivity index (χ1n) is 10.6. The second-order valence-corrected chi connectivity index (χ2v) is 7.81. The van der Waals surface area contributed by atoms with Crippen molar-refractivity contribution in [2.24, 2.45) is 5.92 Å². The molecule has 1 unspecified atom stereocenters. The smallest absolute Gasteiger partial charge is 0.246 e. The van der Waals surface area contributed by atoms with Crippen molar-refractivity contribution in [3.8, 4) is 17.1 Å². The maximum atomic E-state index is 13.2. The number of hydrogen-bond donors (Lipinski definition) is 0. The van der Waals surface area contributed by atoms with Crippen LogP contribution in [0, 0.1) is 12.8 Å². The number of aromatic nitrogens is 2. The fourth-order valence-corrected chi connectivity index (χ4v) is 3.95. The minimum Gasteiger partial charge on any atom is -0.495 e. The number of benzene rings is 2. The van der Waals surface area contributed by atoms with Crippen LogP contribution in [0.5, 0.6) is 5.75 Å². The molecule has 0 radical (unpaired) electrons. The van der Waals surface area contributed by atoms with Gasteiger partial charge in [-0.3, -0.25) is 9.59 Å². The van der Waals surface area contributed by atoms with Crippen molar-refractivity contribution in [3.05, 3.63) is 60.0 Å². The van der Waals surface area contributed by atoms with Gasteiger partial charge >= 0.3 is 0 Å². The van der Waals surface area contributed by atoms with Crippen LogP contribution in [0.15, 0.2) is 53.1 Å². The molecule has 0 N–H and O–H groups in total. The van der Waals surface area contributed by atoms with Gasteiger partial charge in [0, 0.05) is 25.1 Å². The average molecular weight is 434 g/mol. The van der Waals surface area contributed by atoms with Crippen molar-refractivity contribution in [2.75, 3.05) is 25.1 Å². The molecule has 1 saturated heterocycles. The lowest BCUT2D eigenvalue weighted by molar-refractivity contribution is -0.136. The molecule has 0 bridgehead atoms. The number of carbonyl (C=O) groups is 2. The van der Waals surface area contributed by atoms with Crippen LogP contribution in [0.25, 0.3) is 11.4 Å². The molecule has 1 aliphatic heterocycles. The van der Waals surface area contributed by atoms with Gasteiger partial charge in [0.25, 0.3) is 0 Å². The fraction of sp³-hybridized carbons (Fsp3) is 0.333. The van der Waals surface area contributed by atoms with E-state index in [4.69, 9.17) is 9.26 Å². The Hall–Kier alpha value is -3.68. The Labute approximate surface area is 186 Å². The van der Waals surface area contributed by atoms with E-state index in [1.807, 2.05) is 56.3 Å². The first-order valence-corrected chi connectivity index (χ1v) is 10.6. The molecule has 1 fully saturated rings. The molecule has 166 valence electrons. The zero-order valence-electron chi connectivity index (χ0n) is 18.4. The Bertz CT molecular complexity index is 1130. The number of amides is 2. The van der Waals surface area contributed by atoms with Crippen molar-refractivity contribution < 1.29 is 18.8 Å². The van der Waals surface area contributed by atoms with Gasteiger partial charge < -0.3 is 19.1 Å². The van der Waals surface area contributed by atoms with Crippen molar-refractivity contribution in [1.82, 2.24) is 15.0 Å². The molecule has 0 spiro atoms. The number of rotatable bonds is 7. The molecule has 1 aromatic heterocycles. The van der Waals surface area contributed by atoms with Crippen molar-refractivity contribution >= 4 is 17.5 Å². The number of hydrogen-bond acceptors (Lipinski definition) is 6. The van der Waals surface area contributed by atoms with Gasteiger partial charge in [-0.15, -0.1) is 0 Å². The normalized spacial score (nSPS) is 15.8. The summed E-state index contributed by atoms with van der Waals surface area (Å²) < 4.78 is 10.8. The zero-order valence-corrected chi connectivity index (χ0v) is 18.4. The highest BCUT2D eigenvalue weighted by molar-refractivity contribution is 6.01. The van der Waals surface area contributed by atoms with Crippen LogP contribution < -0.4 is 9.64 Å². The van der Waals surface area contributed by atoms with Crippen LogP contribution in [-0.4, -0.2) is 47.1 Å². The van der Waals surface area contributed by atoms with E-state index in [0.29, 0.717) is 36.2 Å². The van der Waals surface area contributed by atoms with Crippen molar-refractivity contribution in [2.45, 2.75) is 26.8 Å². The van der Waals surface area contributed by atoms with Gasteiger partial charge in [0.05, 0.1) is 25.3 Å². The number of ether oxygens (including phenoxy) is 1. The van der Waals surface area contributed by atoms with E-state index in [9.17, 15) is 9.59 Å². The molecule has 2 heterocycles. The summed E-state index contributed by atoms with van der Waals surface area (Å²) in [6.45, 7) is 4.88. The Morgan fingerprint density at radius 1 is 1.25 bits per heavy atom. The molecular weight excluding hydrogens is 408 g/mol. The predicted molar refractivity (Wildman–Crippen MR) is 119 cm³/mol. The van der Waals surface area contributed by atoms with E-state index >= 15 is 0 Å². The number of carbonyl (C=O) groups excluding carboxylic acids is 2. The number of aryl methyl sites for hydroxylation is 1. The van der Waals surface area contributed by atoms with Crippen LogP contribution in [0.3, 0.4) is 0 Å². The molecular formula is C24H26N4O4. The highest BCUT2D eigenvalue weighted by atomic mass is 16.5. The lowest BCUT2D eigenvalue weighted by Crippen LogP contribution is -2.37. The zero-order chi connectivity index (χ0) is 22.7. The van der Waals surface area contributed by atoms with E-state index in [0.717, 1.165) is 11.1 Å². The average Bonchev–Trinajstić information content (AvgIpc) is 3.43. The number of para-hydroxylation sites is 2. The summed E-state index contributed by atoms with van der Waals surface area (Å²) in [6.07, 6.45) is 0.158. The Morgan fingerprint density at radius 3 is 2.81 bits per heavy atom. The minimum atomic E-state index is -0.438. The summed E-state index contributed by atoms with van der Waals surface area (Å²) in [4.78, 5) is 33.6. The molecule has 4 rings (SSSR count). The molecule has 0 saturated carbocycles. The summed E-state index contributed by atoms with van der Waals surface area (Å²) in [5, 5.41) is 4.05. The standard InChI is InChI=1S/C24H26N4O4/c1-4-27(15-21-25-23(26-32-21)17-9-7-8-16(2)12-17)24(30)18-13-22(29)28(14-18)19-10-5-6-11-20(19)31-3/h5-12,18H,4,13-15H2,1-3H3. The van der Waals surface area contributed by atoms with Crippen LogP contribution in [0.1, 0.15) is 24.8 Å². The quantitative estimate of drug-likeness (QED) is 0.566. The van der Waals surface area contributed by atoms with Crippen molar-refractivity contribution in [1.29, 1.82) is 0 Å². The minimum absolute atomic E-state index is 0.0940. The van der Waals surface area contributed by atoms with Gasteiger partial charge in [-0.2, -0.15) is 4.98 Å². The molecule has 32 heavy (non-hydrogen) atoms. The lowest BCUT2D eigenvalue weighted by Gasteiger charge is -2.23. The Morgan fingerprint density at radius 2 is 2.06 bits per heavy atom. The molecule has 2 aromatic carbocycles. The summed E-state index contributed by atoms with van der Waals surface area (Å²) in [6, 6.07) is 15.2. The summed E-state index contributed by atoms with van der Waals surface area (Å²) in [5.74, 6) is 0.826. The summed E-state index contributed by atoms with van der Waals surface area (Å²) in [5.41, 5.74) is 2.64. The lowest BCUT2D eigenvalue weighted by atomic mass is 10.1. The van der Waals surface area contributed by atoms with Gasteiger partial charge in [0.15, 0.2) is 0 Å². The maximum Gasteiger partial charge on any atom is 0.246 e. The van der Waals surface area contributed by atoms with Crippen LogP contribution in [0.2, 0.25) is 0 Å². The van der Waals surface area contributed by atoms with E-state index in [1.165, 1.54) is 0 Å². The summed E-state index contributed by atoms with van der Waals surface area (Å²) >= 11 is 0. The third kappa shape index (κ3) is 4.34. The molecule has 8 nitrogen and oxygen atoms in total. The van der Waals surface area contributed by atoms with Gasteiger partial charge in [-0.1, -0.05) is 41.1 Å². The van der Waals surface area contributed by atoms with Crippen molar-refractivity contribution in [3.63, 3.8) is 0 Å². The predicted octanol–water partition coefficient (Wildman–Crippen LogP) is 3.46. The summed E-state index contributed by atoms with van der Waals surface area (Å²) in [7, 11) is 1.57. The number of nitrogens with zero attached hydrogens (tertiary/aromatic N) is 4. The third-order valence-electron chi connectivity index (χ3n) is 5.61. The molecule has 2 amide bonds. The van der Waals surface area contributed by atoms with E-state index in [-0.39, 0.29) is 24.8 Å². The second-order valence-electron chi connectivity index (χ2n) is 7.81. The third-order valence-corrected chi connectivity index (χ3v) is 5.61. The van der Waals surface area contributed by atoms with E-state index < -0.39 is 5.92 Å². The molecule has 3 aromatic rings. The maximum absolute atomic E-state index is 13.2.